The van der Waals surface area contributed by atoms with Crippen LogP contribution >= 0.6 is 20.2 Å². The van der Waals surface area contributed by atoms with Gasteiger partial charge in [-0.1, -0.05) is 0 Å². The fourth-order valence-corrected chi connectivity index (χ4v) is 3.82. The number of nitrogens with zero attached hydrogens (tertiary/aromatic N) is 1. The molecular formula is C20H30INO7. The topological polar surface area (TPSA) is 91.4 Å². The van der Waals surface area contributed by atoms with Crippen molar-refractivity contribution in [3.8, 4) is 5.75 Å². The first-order valence-electron chi connectivity index (χ1n) is 8.90. The standard InChI is InChI=1S/C20H30INO7/c1-19(2,3)27-17(24)22(18(25)28-20(4,5)6)13-14-10-9-11-15(12-14)29-21(7)16(23)26-8/h9-12H,13H2,1-8H3. The molecule has 0 radical (unpaired) electrons. The van der Waals surface area contributed by atoms with E-state index in [4.69, 9.17) is 17.3 Å². The normalized spacial score (nSPS) is 11.9. The van der Waals surface area contributed by atoms with Gasteiger partial charge in [0.05, 0.1) is 0 Å². The number of halogens is 1. The van der Waals surface area contributed by atoms with Gasteiger partial charge in [-0.05, 0) is 0 Å². The van der Waals surface area contributed by atoms with Gasteiger partial charge in [0.25, 0.3) is 0 Å². The van der Waals surface area contributed by atoms with E-state index in [1.165, 1.54) is 7.11 Å². The van der Waals surface area contributed by atoms with Crippen molar-refractivity contribution in [2.75, 3.05) is 12.0 Å². The number of carbonyl (C=O) groups excluding carboxylic acids is 3. The third-order valence-corrected chi connectivity index (χ3v) is 5.90. The van der Waals surface area contributed by atoms with Crippen molar-refractivity contribution in [1.29, 1.82) is 0 Å². The monoisotopic (exact) mass is 523 g/mol. The van der Waals surface area contributed by atoms with Gasteiger partial charge in [0.2, 0.25) is 0 Å². The third-order valence-electron chi connectivity index (χ3n) is 3.05. The SMILES string of the molecule is COC(=O)I(C)Oc1cccc(CN(C(=O)OC(C)(C)C)C(=O)OC(C)(C)C)c1. The van der Waals surface area contributed by atoms with Crippen LogP contribution in [0.5, 0.6) is 5.75 Å². The molecule has 164 valence electrons. The first-order valence-corrected chi connectivity index (χ1v) is 13.0. The molecule has 0 aliphatic heterocycles. The van der Waals surface area contributed by atoms with Gasteiger partial charge in [-0.3, -0.25) is 0 Å². The van der Waals surface area contributed by atoms with E-state index in [-0.39, 0.29) is 10.5 Å². The van der Waals surface area contributed by atoms with Crippen molar-refractivity contribution in [1.82, 2.24) is 4.90 Å². The zero-order valence-electron chi connectivity index (χ0n) is 18.2. The number of benzene rings is 1. The van der Waals surface area contributed by atoms with Gasteiger partial charge in [-0.15, -0.1) is 0 Å². The van der Waals surface area contributed by atoms with Gasteiger partial charge < -0.3 is 0 Å². The number of hydrogen-bond donors (Lipinski definition) is 0. The summed E-state index contributed by atoms with van der Waals surface area (Å²) in [6.07, 6.45) is -1.62. The Balaban J connectivity index is 3.06. The van der Waals surface area contributed by atoms with Gasteiger partial charge in [0.1, 0.15) is 0 Å². The molecule has 0 saturated carbocycles. The predicted molar refractivity (Wildman–Crippen MR) is 117 cm³/mol. The molecule has 2 amide bonds. The van der Waals surface area contributed by atoms with Crippen LogP contribution in [0, 0.1) is 0 Å². The van der Waals surface area contributed by atoms with Crippen LogP contribution in [0.1, 0.15) is 47.1 Å². The van der Waals surface area contributed by atoms with E-state index < -0.39 is 43.6 Å². The van der Waals surface area contributed by atoms with Gasteiger partial charge in [0, 0.05) is 0 Å². The fourth-order valence-electron chi connectivity index (χ4n) is 1.99. The minimum absolute atomic E-state index is 0.0722. The molecule has 9 heteroatoms. The Hall–Kier alpha value is -2.04. The molecule has 0 fully saturated rings. The molecule has 0 aliphatic carbocycles. The molecule has 0 atom stereocenters. The molecule has 1 aromatic carbocycles. The summed E-state index contributed by atoms with van der Waals surface area (Å²) in [5.74, 6) is 0.467. The summed E-state index contributed by atoms with van der Waals surface area (Å²) in [6, 6.07) is 6.82. The van der Waals surface area contributed by atoms with Gasteiger partial charge in [-0.25, -0.2) is 0 Å². The molecule has 29 heavy (non-hydrogen) atoms. The molecule has 0 N–H and O–H groups in total. The molecule has 0 heterocycles. The summed E-state index contributed by atoms with van der Waals surface area (Å²) in [5.41, 5.74) is -0.928. The van der Waals surface area contributed by atoms with Gasteiger partial charge in [0.15, 0.2) is 0 Å². The first kappa shape index (κ1) is 25.0. The van der Waals surface area contributed by atoms with Crippen LogP contribution in [-0.2, 0) is 20.8 Å². The number of rotatable bonds is 5. The van der Waals surface area contributed by atoms with E-state index in [0.717, 1.165) is 4.90 Å². The second-order valence-corrected chi connectivity index (χ2v) is 11.9. The average Bonchev–Trinajstić information content (AvgIpc) is 2.55. The van der Waals surface area contributed by atoms with Crippen molar-refractivity contribution in [2.24, 2.45) is 0 Å². The number of alkyl halides is 1. The molecule has 0 aliphatic rings. The Labute approximate surface area is 179 Å². The molecule has 1 aromatic rings. The van der Waals surface area contributed by atoms with Crippen molar-refractivity contribution in [2.45, 2.75) is 59.3 Å². The van der Waals surface area contributed by atoms with E-state index in [1.807, 2.05) is 0 Å². The maximum absolute atomic E-state index is 12.6. The van der Waals surface area contributed by atoms with E-state index in [1.54, 1.807) is 70.7 Å². The van der Waals surface area contributed by atoms with Crippen LogP contribution < -0.4 is 3.07 Å². The Bertz CT molecular complexity index is 709. The molecule has 1 rings (SSSR count). The number of carbonyl (C=O) groups is 3. The van der Waals surface area contributed by atoms with E-state index in [0.29, 0.717) is 11.3 Å². The van der Waals surface area contributed by atoms with Crippen LogP contribution in [0.15, 0.2) is 24.3 Å². The van der Waals surface area contributed by atoms with Crippen molar-refractivity contribution in [3.05, 3.63) is 29.8 Å². The predicted octanol–water partition coefficient (Wildman–Crippen LogP) is 5.56. The molecular weight excluding hydrogens is 493 g/mol. The second-order valence-electron chi connectivity index (χ2n) is 8.13. The van der Waals surface area contributed by atoms with Crippen LogP contribution in [0.2, 0.25) is 0 Å². The number of hydrogen-bond acceptors (Lipinski definition) is 7. The molecule has 0 aromatic heterocycles. The third kappa shape index (κ3) is 9.33. The first-order chi connectivity index (χ1) is 13.2. The van der Waals surface area contributed by atoms with Crippen LogP contribution in [-0.4, -0.2) is 44.3 Å². The number of imide groups is 1. The molecule has 0 saturated heterocycles. The van der Waals surface area contributed by atoms with E-state index in [2.05, 4.69) is 0 Å². The number of amides is 2. The molecule has 8 nitrogen and oxygen atoms in total. The quantitative estimate of drug-likeness (QED) is 0.216. The van der Waals surface area contributed by atoms with Gasteiger partial charge in [-0.2, -0.15) is 0 Å². The summed E-state index contributed by atoms with van der Waals surface area (Å²) in [6.45, 7) is 10.2. The van der Waals surface area contributed by atoms with Crippen molar-refractivity contribution >= 4 is 36.4 Å². The summed E-state index contributed by atoms with van der Waals surface area (Å²) >= 11 is -2.42. The Morgan fingerprint density at radius 3 is 1.93 bits per heavy atom. The Morgan fingerprint density at radius 2 is 1.48 bits per heavy atom. The van der Waals surface area contributed by atoms with Crippen LogP contribution in [0.25, 0.3) is 0 Å². The maximum atomic E-state index is 12.6. The minimum atomic E-state index is -2.42. The summed E-state index contributed by atoms with van der Waals surface area (Å²) in [5, 5.41) is 0. The van der Waals surface area contributed by atoms with Crippen molar-refractivity contribution < 1.29 is 31.7 Å². The average molecular weight is 523 g/mol. The molecule has 0 bridgehead atoms. The van der Waals surface area contributed by atoms with Crippen molar-refractivity contribution in [3.63, 3.8) is 0 Å². The van der Waals surface area contributed by atoms with E-state index in [9.17, 15) is 14.4 Å². The fraction of sp³-hybridized carbons (Fsp3) is 0.550. The summed E-state index contributed by atoms with van der Waals surface area (Å²) in [4.78, 5) is 39.4. The van der Waals surface area contributed by atoms with Crippen LogP contribution in [0.3, 0.4) is 0 Å². The van der Waals surface area contributed by atoms with Gasteiger partial charge >= 0.3 is 180 Å². The number of methoxy groups -OCH3 is 1. The zero-order valence-corrected chi connectivity index (χ0v) is 20.4. The molecule has 0 spiro atoms. The van der Waals surface area contributed by atoms with E-state index >= 15 is 0 Å². The number of ether oxygens (including phenoxy) is 3. The summed E-state index contributed by atoms with van der Waals surface area (Å²) in [7, 11) is 1.32. The zero-order chi connectivity index (χ0) is 22.4. The van der Waals surface area contributed by atoms with Crippen LogP contribution in [0.4, 0.5) is 14.4 Å². The Kier molecular flexibility index (Phi) is 8.73. The Morgan fingerprint density at radius 1 is 0.966 bits per heavy atom. The second kappa shape index (κ2) is 10.1. The molecule has 0 unspecified atom stereocenters. The summed E-state index contributed by atoms with van der Waals surface area (Å²) < 4.78 is 20.8.